The van der Waals surface area contributed by atoms with Gasteiger partial charge in [-0.05, 0) is 55.8 Å². The van der Waals surface area contributed by atoms with Gasteiger partial charge in [-0.2, -0.15) is 0 Å². The Balaban J connectivity index is 1.86. The molecule has 0 fully saturated rings. The fourth-order valence-corrected chi connectivity index (χ4v) is 2.62. The van der Waals surface area contributed by atoms with Crippen molar-refractivity contribution in [2.24, 2.45) is 5.73 Å². The minimum atomic E-state index is 0.0306. The zero-order valence-corrected chi connectivity index (χ0v) is 13.5. The van der Waals surface area contributed by atoms with E-state index in [4.69, 9.17) is 17.3 Å². The van der Waals surface area contributed by atoms with Gasteiger partial charge in [-0.15, -0.1) is 0 Å². The number of aryl methyl sites for hydroxylation is 1. The molecule has 0 aliphatic carbocycles. The Morgan fingerprint density at radius 2 is 1.90 bits per heavy atom. The van der Waals surface area contributed by atoms with Crippen LogP contribution in [0, 0.1) is 6.92 Å². The molecule has 2 N–H and O–H groups in total. The largest absolute Gasteiger partial charge is 0.324 e. The van der Waals surface area contributed by atoms with Crippen LogP contribution >= 0.6 is 11.6 Å². The van der Waals surface area contributed by atoms with Gasteiger partial charge in [0.2, 0.25) is 0 Å². The summed E-state index contributed by atoms with van der Waals surface area (Å²) in [5.74, 6) is 0. The molecule has 2 aromatic rings. The number of halogens is 1. The van der Waals surface area contributed by atoms with Crippen LogP contribution in [0.4, 0.5) is 0 Å². The highest BCUT2D eigenvalue weighted by atomic mass is 35.5. The zero-order chi connectivity index (χ0) is 15.2. The van der Waals surface area contributed by atoms with E-state index in [1.54, 1.807) is 0 Å². The van der Waals surface area contributed by atoms with Gasteiger partial charge in [0, 0.05) is 17.6 Å². The van der Waals surface area contributed by atoms with Crippen LogP contribution in [0.2, 0.25) is 5.02 Å². The molecule has 0 saturated heterocycles. The van der Waals surface area contributed by atoms with Crippen LogP contribution in [0.15, 0.2) is 48.5 Å². The van der Waals surface area contributed by atoms with Crippen molar-refractivity contribution in [1.29, 1.82) is 0 Å². The van der Waals surface area contributed by atoms with E-state index in [9.17, 15) is 0 Å². The lowest BCUT2D eigenvalue weighted by atomic mass is 10.0. The van der Waals surface area contributed by atoms with Crippen LogP contribution in [0.1, 0.15) is 29.2 Å². The lowest BCUT2D eigenvalue weighted by Crippen LogP contribution is -2.23. The van der Waals surface area contributed by atoms with Crippen LogP contribution < -0.4 is 5.73 Å². The molecule has 1 unspecified atom stereocenters. The molecule has 2 rings (SSSR count). The summed E-state index contributed by atoms with van der Waals surface area (Å²) >= 11 is 6.01. The number of nitrogens with zero attached hydrogens (tertiary/aromatic N) is 1. The molecule has 0 spiro atoms. The second-order valence-electron chi connectivity index (χ2n) is 5.61. The van der Waals surface area contributed by atoms with E-state index in [0.29, 0.717) is 0 Å². The molecule has 1 atom stereocenters. The molecule has 2 nitrogen and oxygen atoms in total. The second-order valence-corrected chi connectivity index (χ2v) is 6.05. The maximum atomic E-state index is 6.25. The third-order valence-electron chi connectivity index (χ3n) is 3.80. The Labute approximate surface area is 132 Å². The van der Waals surface area contributed by atoms with Gasteiger partial charge < -0.3 is 10.6 Å². The zero-order valence-electron chi connectivity index (χ0n) is 12.7. The number of rotatable bonds is 6. The standard InChI is InChI=1S/C18H23ClN2/c1-14-6-3-4-7-16(14)13-21(2)11-10-18(20)15-8-5-9-17(19)12-15/h3-9,12,18H,10-11,13,20H2,1-2H3. The van der Waals surface area contributed by atoms with Gasteiger partial charge in [0.1, 0.15) is 0 Å². The average molecular weight is 303 g/mol. The van der Waals surface area contributed by atoms with Crippen LogP contribution in [0.3, 0.4) is 0 Å². The molecule has 2 aromatic carbocycles. The van der Waals surface area contributed by atoms with Gasteiger partial charge in [-0.3, -0.25) is 0 Å². The topological polar surface area (TPSA) is 29.3 Å². The molecule has 0 amide bonds. The summed E-state index contributed by atoms with van der Waals surface area (Å²) < 4.78 is 0. The van der Waals surface area contributed by atoms with E-state index in [1.165, 1.54) is 11.1 Å². The van der Waals surface area contributed by atoms with Gasteiger partial charge in [0.25, 0.3) is 0 Å². The summed E-state index contributed by atoms with van der Waals surface area (Å²) in [6.07, 6.45) is 0.919. The van der Waals surface area contributed by atoms with Gasteiger partial charge in [0.05, 0.1) is 0 Å². The molecule has 21 heavy (non-hydrogen) atoms. The maximum Gasteiger partial charge on any atom is 0.0409 e. The fourth-order valence-electron chi connectivity index (χ4n) is 2.42. The average Bonchev–Trinajstić information content (AvgIpc) is 2.47. The first kappa shape index (κ1) is 16.0. The number of nitrogens with two attached hydrogens (primary N) is 1. The van der Waals surface area contributed by atoms with E-state index in [-0.39, 0.29) is 6.04 Å². The lowest BCUT2D eigenvalue weighted by Gasteiger charge is -2.20. The molecular formula is C18H23ClN2. The molecule has 3 heteroatoms. The highest BCUT2D eigenvalue weighted by Crippen LogP contribution is 2.19. The van der Waals surface area contributed by atoms with Crippen molar-refractivity contribution in [3.8, 4) is 0 Å². The summed E-state index contributed by atoms with van der Waals surface area (Å²) in [4.78, 5) is 2.31. The van der Waals surface area contributed by atoms with E-state index >= 15 is 0 Å². The summed E-state index contributed by atoms with van der Waals surface area (Å²) in [6.45, 7) is 4.07. The van der Waals surface area contributed by atoms with Crippen molar-refractivity contribution < 1.29 is 0 Å². The maximum absolute atomic E-state index is 6.25. The van der Waals surface area contributed by atoms with Crippen molar-refractivity contribution in [2.75, 3.05) is 13.6 Å². The minimum absolute atomic E-state index is 0.0306. The van der Waals surface area contributed by atoms with E-state index in [0.717, 1.165) is 30.1 Å². The first-order valence-corrected chi connectivity index (χ1v) is 7.68. The molecule has 0 heterocycles. The van der Waals surface area contributed by atoms with Crippen molar-refractivity contribution in [3.63, 3.8) is 0 Å². The number of hydrogen-bond donors (Lipinski definition) is 1. The Morgan fingerprint density at radius 3 is 2.62 bits per heavy atom. The Bertz CT molecular complexity index is 583. The van der Waals surface area contributed by atoms with Crippen LogP contribution in [0.5, 0.6) is 0 Å². The smallest absolute Gasteiger partial charge is 0.0409 e. The van der Waals surface area contributed by atoms with E-state index in [2.05, 4.69) is 43.1 Å². The predicted molar refractivity (Wildman–Crippen MR) is 90.5 cm³/mol. The normalized spacial score (nSPS) is 12.6. The molecule has 0 aromatic heterocycles. The molecule has 0 saturated carbocycles. The van der Waals surface area contributed by atoms with Gasteiger partial charge in [-0.1, -0.05) is 48.0 Å². The minimum Gasteiger partial charge on any atom is -0.324 e. The molecule has 0 aliphatic heterocycles. The van der Waals surface area contributed by atoms with Crippen molar-refractivity contribution in [2.45, 2.75) is 25.9 Å². The molecule has 0 radical (unpaired) electrons. The SMILES string of the molecule is Cc1ccccc1CN(C)CCC(N)c1cccc(Cl)c1. The third kappa shape index (κ3) is 4.85. The summed E-state index contributed by atoms with van der Waals surface area (Å²) in [5.41, 5.74) is 10.1. The van der Waals surface area contributed by atoms with Crippen LogP contribution in [0.25, 0.3) is 0 Å². The Morgan fingerprint density at radius 1 is 1.14 bits per heavy atom. The molecule has 112 valence electrons. The molecule has 0 bridgehead atoms. The highest BCUT2D eigenvalue weighted by molar-refractivity contribution is 6.30. The summed E-state index contributed by atoms with van der Waals surface area (Å²) in [7, 11) is 2.14. The summed E-state index contributed by atoms with van der Waals surface area (Å²) in [6, 6.07) is 16.4. The molecule has 0 aliphatic rings. The Hall–Kier alpha value is -1.35. The lowest BCUT2D eigenvalue weighted by molar-refractivity contribution is 0.311. The van der Waals surface area contributed by atoms with Crippen molar-refractivity contribution >= 4 is 11.6 Å². The fraction of sp³-hybridized carbons (Fsp3) is 0.333. The van der Waals surface area contributed by atoms with Gasteiger partial charge in [-0.25, -0.2) is 0 Å². The third-order valence-corrected chi connectivity index (χ3v) is 4.04. The first-order valence-electron chi connectivity index (χ1n) is 7.30. The van der Waals surface area contributed by atoms with E-state index < -0.39 is 0 Å². The first-order chi connectivity index (χ1) is 10.1. The van der Waals surface area contributed by atoms with Crippen molar-refractivity contribution in [3.05, 3.63) is 70.2 Å². The Kier molecular flexibility index (Phi) is 5.80. The number of hydrogen-bond acceptors (Lipinski definition) is 2. The van der Waals surface area contributed by atoms with E-state index in [1.807, 2.05) is 24.3 Å². The van der Waals surface area contributed by atoms with Crippen LogP contribution in [-0.4, -0.2) is 18.5 Å². The summed E-state index contributed by atoms with van der Waals surface area (Å²) in [5, 5.41) is 0.746. The highest BCUT2D eigenvalue weighted by Gasteiger charge is 2.09. The van der Waals surface area contributed by atoms with Gasteiger partial charge in [0.15, 0.2) is 0 Å². The van der Waals surface area contributed by atoms with Crippen LogP contribution in [-0.2, 0) is 6.54 Å². The molecular weight excluding hydrogens is 280 g/mol. The monoisotopic (exact) mass is 302 g/mol. The number of benzene rings is 2. The second kappa shape index (κ2) is 7.60. The quantitative estimate of drug-likeness (QED) is 0.868. The predicted octanol–water partition coefficient (Wildman–Crippen LogP) is 4.17. The van der Waals surface area contributed by atoms with Gasteiger partial charge >= 0.3 is 0 Å². The van der Waals surface area contributed by atoms with Crippen molar-refractivity contribution in [1.82, 2.24) is 4.90 Å².